The summed E-state index contributed by atoms with van der Waals surface area (Å²) >= 11 is 15.7. The molecule has 9 heterocycles. The van der Waals surface area contributed by atoms with Gasteiger partial charge in [-0.3, -0.25) is 22.7 Å². The Balaban J connectivity index is 0.940. The van der Waals surface area contributed by atoms with Crippen molar-refractivity contribution in [3.63, 3.8) is 0 Å². The van der Waals surface area contributed by atoms with Crippen molar-refractivity contribution < 1.29 is 76.1 Å². The van der Waals surface area contributed by atoms with Gasteiger partial charge in [0.15, 0.2) is 47.3 Å². The second-order valence-electron chi connectivity index (χ2n) is 15.5. The predicted molar refractivity (Wildman–Crippen MR) is 244 cm³/mol. The lowest BCUT2D eigenvalue weighted by atomic mass is 10.1. The maximum atomic E-state index is 11.7. The molecular formula is C33H43N14O16P3S3. The number of nitrogen functional groups attached to an aromatic ring is 2. The lowest BCUT2D eigenvalue weighted by molar-refractivity contribution is -0.0596. The number of imidazole rings is 3. The van der Waals surface area contributed by atoms with Crippen LogP contribution in [0.5, 0.6) is 0 Å². The molecule has 6 aromatic rings. The Labute approximate surface area is 403 Å². The molecule has 69 heavy (non-hydrogen) atoms. The van der Waals surface area contributed by atoms with Gasteiger partial charge in [-0.15, -0.1) is 0 Å². The zero-order chi connectivity index (χ0) is 49.2. The van der Waals surface area contributed by atoms with Gasteiger partial charge >= 0.3 is 20.2 Å². The summed E-state index contributed by atoms with van der Waals surface area (Å²) in [5.41, 5.74) is 14.3. The summed E-state index contributed by atoms with van der Waals surface area (Å²) in [6.07, 6.45) is -7.33. The first-order chi connectivity index (χ1) is 32.8. The van der Waals surface area contributed by atoms with Crippen LogP contribution in [0.3, 0.4) is 0 Å². The van der Waals surface area contributed by atoms with Gasteiger partial charge in [0.2, 0.25) is 0 Å². The van der Waals surface area contributed by atoms with Crippen molar-refractivity contribution in [2.75, 3.05) is 45.5 Å². The van der Waals surface area contributed by atoms with E-state index in [2.05, 4.69) is 56.7 Å². The number of rotatable bonds is 18. The molecule has 0 aliphatic carbocycles. The number of nitrogens with two attached hydrogens (primary N) is 2. The number of ether oxygens (including phenoxy) is 5. The zero-order valence-electron chi connectivity index (χ0n) is 35.9. The van der Waals surface area contributed by atoms with Crippen molar-refractivity contribution in [1.82, 2.24) is 58.6 Å². The first-order valence-corrected chi connectivity index (χ1v) is 28.0. The van der Waals surface area contributed by atoms with E-state index in [4.69, 9.17) is 81.4 Å². The van der Waals surface area contributed by atoms with Crippen LogP contribution in [0.25, 0.3) is 33.5 Å². The van der Waals surface area contributed by atoms with E-state index in [9.17, 15) is 29.8 Å². The number of hydrogen-bond donors (Lipinski definition) is 8. The van der Waals surface area contributed by atoms with Crippen molar-refractivity contribution in [3.8, 4) is 0 Å². The highest BCUT2D eigenvalue weighted by atomic mass is 32.5. The fourth-order valence-corrected chi connectivity index (χ4v) is 11.5. The number of aliphatic hydroxyl groups is 2. The first kappa shape index (κ1) is 50.5. The fourth-order valence-electron chi connectivity index (χ4n) is 8.17. The van der Waals surface area contributed by atoms with Crippen LogP contribution in [-0.2, 0) is 81.7 Å². The molecule has 3 aliphatic heterocycles. The Hall–Kier alpha value is -3.44. The normalized spacial score (nSPS) is 30.4. The van der Waals surface area contributed by atoms with E-state index in [-0.39, 0.29) is 34.0 Å². The van der Waals surface area contributed by atoms with Crippen LogP contribution in [0.4, 0.5) is 11.6 Å². The summed E-state index contributed by atoms with van der Waals surface area (Å²) in [6.45, 7) is -12.8. The number of aliphatic hydroxyl groups excluding tert-OH is 2. The first-order valence-electron chi connectivity index (χ1n) is 20.2. The quantitative estimate of drug-likeness (QED) is 0.0473. The molecule has 3 aliphatic rings. The Morgan fingerprint density at radius 1 is 0.551 bits per heavy atom. The number of fused-ring (bicyclic) bond motifs is 3. The molecule has 0 bridgehead atoms. The largest absolute Gasteiger partial charge is 0.387 e. The van der Waals surface area contributed by atoms with Gasteiger partial charge in [0.1, 0.15) is 90.5 Å². The Kier molecular flexibility index (Phi) is 14.5. The Morgan fingerprint density at radius 2 is 0.957 bits per heavy atom. The van der Waals surface area contributed by atoms with Crippen molar-refractivity contribution in [2.24, 2.45) is 0 Å². The zero-order valence-corrected chi connectivity index (χ0v) is 41.0. The maximum absolute atomic E-state index is 11.7. The number of nitrogens with zero attached hydrogens (tertiary/aromatic N) is 12. The molecule has 14 atom stereocenters. The van der Waals surface area contributed by atoms with Gasteiger partial charge in [-0.1, -0.05) is 0 Å². The highest BCUT2D eigenvalue weighted by Crippen LogP contribution is 2.54. The van der Waals surface area contributed by atoms with Crippen LogP contribution in [0.2, 0.25) is 0 Å². The molecule has 374 valence electrons. The molecule has 0 aromatic carbocycles. The third kappa shape index (κ3) is 10.2. The van der Waals surface area contributed by atoms with Gasteiger partial charge in [-0.25, -0.2) is 44.9 Å². The summed E-state index contributed by atoms with van der Waals surface area (Å²) in [7, 11) is 2.62. The summed E-state index contributed by atoms with van der Waals surface area (Å²) in [6, 6.07) is 0. The van der Waals surface area contributed by atoms with Crippen LogP contribution in [0, 0.1) is 6.92 Å². The number of methoxy groups -OCH3 is 2. The second kappa shape index (κ2) is 19.9. The van der Waals surface area contributed by atoms with Gasteiger partial charge in [0.05, 0.1) is 44.5 Å². The van der Waals surface area contributed by atoms with Crippen molar-refractivity contribution in [3.05, 3.63) is 43.7 Å². The molecule has 3 saturated heterocycles. The third-order valence-corrected chi connectivity index (χ3v) is 15.2. The van der Waals surface area contributed by atoms with E-state index in [1.807, 2.05) is 0 Å². The molecular weight excluding hydrogens is 1040 g/mol. The highest BCUT2D eigenvalue weighted by molar-refractivity contribution is 8.07. The third-order valence-electron chi connectivity index (χ3n) is 11.3. The molecule has 3 fully saturated rings. The summed E-state index contributed by atoms with van der Waals surface area (Å²) in [5, 5.41) is 22.0. The highest BCUT2D eigenvalue weighted by Gasteiger charge is 2.53. The molecule has 6 aromatic heterocycles. The van der Waals surface area contributed by atoms with Crippen molar-refractivity contribution >= 4 is 101 Å². The van der Waals surface area contributed by atoms with Crippen LogP contribution in [-0.4, -0.2) is 177 Å². The van der Waals surface area contributed by atoms with E-state index in [0.29, 0.717) is 16.9 Å². The van der Waals surface area contributed by atoms with E-state index in [1.54, 1.807) is 6.92 Å². The summed E-state index contributed by atoms with van der Waals surface area (Å²) in [5.74, 6) is 0.103. The molecule has 0 spiro atoms. The van der Waals surface area contributed by atoms with Crippen molar-refractivity contribution in [2.45, 2.75) is 80.5 Å². The Bertz CT molecular complexity index is 2990. The minimum absolute atomic E-state index is 0.0443. The molecule has 36 heteroatoms. The topological polar surface area (TPSA) is 397 Å². The van der Waals surface area contributed by atoms with Gasteiger partial charge in [-0.2, -0.15) is 0 Å². The number of aryl methyl sites for hydroxylation is 1. The number of hydrogen-bond acceptors (Lipinski definition) is 26. The Morgan fingerprint density at radius 3 is 1.43 bits per heavy atom. The molecule has 9 rings (SSSR count). The van der Waals surface area contributed by atoms with E-state index >= 15 is 0 Å². The number of anilines is 2. The SMILES string of the molecule is COC1C(COP(O)(O)=S)OC(n2cnc3c(N)ncnc32)C1OP(O)(=S)OCC1OC(n2cnc3c(N)ncnc32)C(OP(O)(=S)OCC2OC(n3cnc4c(C)ncnc43)C(O)C2O)C1OC. The fraction of sp³-hybridized carbons (Fsp3) is 0.545. The van der Waals surface area contributed by atoms with Gasteiger partial charge in [0.25, 0.3) is 0 Å². The predicted octanol–water partition coefficient (Wildman–Crippen LogP) is -1.11. The summed E-state index contributed by atoms with van der Waals surface area (Å²) in [4.78, 5) is 80.8. The van der Waals surface area contributed by atoms with Crippen molar-refractivity contribution in [1.29, 1.82) is 0 Å². The van der Waals surface area contributed by atoms with Crippen LogP contribution < -0.4 is 11.5 Å². The van der Waals surface area contributed by atoms with E-state index in [1.165, 1.54) is 65.9 Å². The standard InChI is InChI=1S/C33H43N14O16P3S3/c1-13-17-28(39-7-36-13)45(10-42-17)31-21(49)20(48)14(59-31)4-57-65(52,68)62-25-23(55-3)16(61-33(25)47-12-44-19-27(35)38-9-41-30(19)47)6-58-66(53,69)63-24-22(54-2)15(5-56-64(50,51)67)60-32(24)46-11-43-18-26(34)37-8-40-29(18)46/h7-12,14-16,20-25,31-33,48-49H,4-6H2,1-3H3,(H,52,68)(H,53,69)(H2,34,37,40)(H2,35,38,41)(H2,50,51,67). The van der Waals surface area contributed by atoms with Crippen LogP contribution in [0.15, 0.2) is 38.0 Å². The van der Waals surface area contributed by atoms with E-state index < -0.39 is 114 Å². The molecule has 14 unspecified atom stereocenters. The lowest BCUT2D eigenvalue weighted by Crippen LogP contribution is -2.38. The van der Waals surface area contributed by atoms with Gasteiger partial charge < -0.3 is 78.5 Å². The molecule has 10 N–H and O–H groups in total. The second-order valence-corrected chi connectivity index (χ2v) is 23.7. The molecule has 0 radical (unpaired) electrons. The molecule has 0 amide bonds. The maximum Gasteiger partial charge on any atom is 0.325 e. The smallest absolute Gasteiger partial charge is 0.325 e. The minimum Gasteiger partial charge on any atom is -0.387 e. The van der Waals surface area contributed by atoms with Crippen LogP contribution >= 0.6 is 20.2 Å². The molecule has 30 nitrogen and oxygen atoms in total. The molecule has 0 saturated carbocycles. The lowest BCUT2D eigenvalue weighted by Gasteiger charge is -2.29. The van der Waals surface area contributed by atoms with Gasteiger partial charge in [-0.05, 0) is 42.3 Å². The van der Waals surface area contributed by atoms with Crippen LogP contribution in [0.1, 0.15) is 24.4 Å². The minimum atomic E-state index is -4.39. The average molecular weight is 1080 g/mol. The van der Waals surface area contributed by atoms with Gasteiger partial charge in [0, 0.05) is 14.2 Å². The average Bonchev–Trinajstić information content (AvgIpc) is 4.16. The van der Waals surface area contributed by atoms with E-state index in [0.717, 1.165) is 0 Å². The monoisotopic (exact) mass is 1080 g/mol. The number of aromatic nitrogens is 12. The summed E-state index contributed by atoms with van der Waals surface area (Å²) < 4.78 is 63.5.